The third kappa shape index (κ3) is 13.0. The lowest BCUT2D eigenvalue weighted by atomic mass is 9.87. The van der Waals surface area contributed by atoms with E-state index >= 15 is 0 Å². The van der Waals surface area contributed by atoms with Crippen molar-refractivity contribution >= 4 is 18.0 Å². The number of aromatic nitrogens is 3. The number of benzene rings is 2. The van der Waals surface area contributed by atoms with Crippen molar-refractivity contribution in [2.24, 2.45) is 0 Å². The van der Waals surface area contributed by atoms with Crippen molar-refractivity contribution in [2.45, 2.75) is 85.3 Å². The van der Waals surface area contributed by atoms with Crippen LogP contribution in [0, 0.1) is 0 Å². The predicted octanol–water partition coefficient (Wildman–Crippen LogP) is 6.72. The van der Waals surface area contributed by atoms with Gasteiger partial charge in [-0.3, -0.25) is 0 Å². The molecule has 1 heterocycles. The Morgan fingerprint density at radius 1 is 0.644 bits per heavy atom. The Morgan fingerprint density at radius 2 is 1.16 bits per heavy atom. The van der Waals surface area contributed by atoms with Crippen molar-refractivity contribution in [1.82, 2.24) is 20.3 Å². The molecule has 0 aliphatic heterocycles. The molecule has 10 nitrogen and oxygen atoms in total. The Kier molecular flexibility index (Phi) is 12.7. The fraction of sp³-hybridized carbons (Fsp3) is 0.543. The first-order valence-corrected chi connectivity index (χ1v) is 15.7. The summed E-state index contributed by atoms with van der Waals surface area (Å²) in [5.74, 6) is 1.56. The lowest BCUT2D eigenvalue weighted by molar-refractivity contribution is 0.0415. The highest BCUT2D eigenvalue weighted by atomic mass is 16.6. The smallest absolute Gasteiger partial charge is 0.407 e. The molecule has 2 aromatic carbocycles. The first-order valence-electron chi connectivity index (χ1n) is 15.7. The first-order chi connectivity index (χ1) is 21.1. The lowest BCUT2D eigenvalue weighted by Gasteiger charge is -2.19. The molecule has 0 spiro atoms. The van der Waals surface area contributed by atoms with Crippen molar-refractivity contribution in [2.75, 3.05) is 50.2 Å². The van der Waals surface area contributed by atoms with Gasteiger partial charge in [0.2, 0.25) is 11.9 Å². The Labute approximate surface area is 269 Å². The number of carbonyl (C=O) groups excluding carboxylic acids is 1. The summed E-state index contributed by atoms with van der Waals surface area (Å²) in [6.45, 7) is 21.8. The highest BCUT2D eigenvalue weighted by Gasteiger charge is 2.17. The van der Waals surface area contributed by atoms with E-state index in [2.05, 4.69) is 111 Å². The maximum atomic E-state index is 11.7. The molecule has 10 heteroatoms. The van der Waals surface area contributed by atoms with E-state index in [0.717, 1.165) is 11.1 Å². The summed E-state index contributed by atoms with van der Waals surface area (Å²) < 4.78 is 16.4. The van der Waals surface area contributed by atoms with Crippen LogP contribution in [0.3, 0.4) is 0 Å². The maximum absolute atomic E-state index is 11.7. The molecule has 0 fully saturated rings. The number of hydrogen-bond donors (Lipinski definition) is 3. The zero-order chi connectivity index (χ0) is 33.1. The van der Waals surface area contributed by atoms with E-state index < -0.39 is 11.7 Å². The molecule has 0 bridgehead atoms. The molecule has 0 aliphatic carbocycles. The van der Waals surface area contributed by atoms with E-state index in [0.29, 0.717) is 63.8 Å². The molecule has 0 saturated carbocycles. The van der Waals surface area contributed by atoms with E-state index in [-0.39, 0.29) is 10.8 Å². The Bertz CT molecular complexity index is 1340. The van der Waals surface area contributed by atoms with Crippen LogP contribution in [0.4, 0.5) is 16.7 Å². The summed E-state index contributed by atoms with van der Waals surface area (Å²) in [6, 6.07) is 17.0. The van der Waals surface area contributed by atoms with E-state index in [1.165, 1.54) is 11.1 Å². The van der Waals surface area contributed by atoms with E-state index in [4.69, 9.17) is 24.2 Å². The van der Waals surface area contributed by atoms with Gasteiger partial charge in [0.25, 0.3) is 0 Å². The van der Waals surface area contributed by atoms with Crippen molar-refractivity contribution in [3.05, 3.63) is 65.2 Å². The van der Waals surface area contributed by atoms with Gasteiger partial charge in [0.15, 0.2) is 5.82 Å². The number of rotatable bonds is 14. The molecular formula is C35H52N6O4. The van der Waals surface area contributed by atoms with Crippen LogP contribution in [0.25, 0.3) is 11.4 Å². The summed E-state index contributed by atoms with van der Waals surface area (Å²) in [6.07, 6.45) is -0.454. The molecule has 1 amide bonds. The van der Waals surface area contributed by atoms with E-state index in [9.17, 15) is 4.79 Å². The molecule has 45 heavy (non-hydrogen) atoms. The number of amides is 1. The fourth-order valence-electron chi connectivity index (χ4n) is 4.18. The third-order valence-corrected chi connectivity index (χ3v) is 6.73. The molecule has 3 aromatic rings. The molecule has 3 N–H and O–H groups in total. The zero-order valence-electron chi connectivity index (χ0n) is 28.5. The van der Waals surface area contributed by atoms with Gasteiger partial charge < -0.3 is 30.2 Å². The number of alkyl carbamates (subject to hydrolysis) is 1. The number of nitrogens with zero attached hydrogens (tertiary/aromatic N) is 3. The van der Waals surface area contributed by atoms with Gasteiger partial charge in [0, 0.05) is 25.2 Å². The normalized spacial score (nSPS) is 12.1. The van der Waals surface area contributed by atoms with Gasteiger partial charge in [0.1, 0.15) is 5.60 Å². The minimum absolute atomic E-state index is 0.0572. The van der Waals surface area contributed by atoms with Gasteiger partial charge in [-0.25, -0.2) is 4.79 Å². The summed E-state index contributed by atoms with van der Waals surface area (Å²) in [5, 5.41) is 9.30. The Hall–Kier alpha value is -3.76. The monoisotopic (exact) mass is 620 g/mol. The minimum Gasteiger partial charge on any atom is -0.444 e. The van der Waals surface area contributed by atoms with Gasteiger partial charge in [-0.2, -0.15) is 15.0 Å². The predicted molar refractivity (Wildman–Crippen MR) is 181 cm³/mol. The number of carbonyl (C=O) groups is 1. The molecule has 0 radical (unpaired) electrons. The Balaban J connectivity index is 1.54. The SMILES string of the molecule is CC(C)(C)OC(=O)NCCOCCOCCNc1nc(NCc2ccc(C(C)(C)C)cc2)nc(-c2ccc(C(C)(C)C)cc2)n1. The molecule has 0 aliphatic rings. The second-order valence-electron chi connectivity index (χ2n) is 14.0. The highest BCUT2D eigenvalue weighted by molar-refractivity contribution is 5.67. The number of ether oxygens (including phenoxy) is 3. The maximum Gasteiger partial charge on any atom is 0.407 e. The van der Waals surface area contributed by atoms with Crippen molar-refractivity contribution < 1.29 is 19.0 Å². The molecule has 0 saturated heterocycles. The summed E-state index contributed by atoms with van der Waals surface area (Å²) in [7, 11) is 0. The van der Waals surface area contributed by atoms with Crippen LogP contribution in [0.15, 0.2) is 48.5 Å². The van der Waals surface area contributed by atoms with Crippen molar-refractivity contribution in [3.63, 3.8) is 0 Å². The van der Waals surface area contributed by atoms with Crippen LogP contribution in [0.5, 0.6) is 0 Å². The van der Waals surface area contributed by atoms with E-state index in [1.807, 2.05) is 20.8 Å². The molecule has 246 valence electrons. The number of nitrogens with one attached hydrogen (secondary N) is 3. The largest absolute Gasteiger partial charge is 0.444 e. The van der Waals surface area contributed by atoms with Crippen LogP contribution in [0.2, 0.25) is 0 Å². The molecule has 1 aromatic heterocycles. The van der Waals surface area contributed by atoms with E-state index in [1.54, 1.807) is 0 Å². The van der Waals surface area contributed by atoms with Crippen LogP contribution in [0.1, 0.15) is 79.0 Å². The van der Waals surface area contributed by atoms with Gasteiger partial charge in [-0.1, -0.05) is 90.1 Å². The zero-order valence-corrected chi connectivity index (χ0v) is 28.5. The van der Waals surface area contributed by atoms with Gasteiger partial charge >= 0.3 is 6.09 Å². The summed E-state index contributed by atoms with van der Waals surface area (Å²) >= 11 is 0. The van der Waals surface area contributed by atoms with Crippen molar-refractivity contribution in [1.29, 1.82) is 0 Å². The minimum atomic E-state index is -0.523. The topological polar surface area (TPSA) is 120 Å². The second-order valence-corrected chi connectivity index (χ2v) is 14.0. The summed E-state index contributed by atoms with van der Waals surface area (Å²) in [5.41, 5.74) is 4.24. The van der Waals surface area contributed by atoms with Gasteiger partial charge in [-0.05, 0) is 48.3 Å². The lowest BCUT2D eigenvalue weighted by Crippen LogP contribution is -2.34. The van der Waals surface area contributed by atoms with Crippen molar-refractivity contribution in [3.8, 4) is 11.4 Å². The highest BCUT2D eigenvalue weighted by Crippen LogP contribution is 2.26. The average Bonchev–Trinajstić information content (AvgIpc) is 2.95. The molecule has 0 unspecified atom stereocenters. The van der Waals surface area contributed by atoms with Crippen LogP contribution in [-0.4, -0.2) is 66.2 Å². The van der Waals surface area contributed by atoms with Crippen LogP contribution >= 0.6 is 0 Å². The fourth-order valence-corrected chi connectivity index (χ4v) is 4.18. The molecule has 0 atom stereocenters. The van der Waals surface area contributed by atoms with Gasteiger partial charge in [-0.15, -0.1) is 0 Å². The van der Waals surface area contributed by atoms with Crippen LogP contribution < -0.4 is 16.0 Å². The standard InChI is InChI=1S/C35H52N6O4/c1-33(2,3)27-14-10-25(11-15-27)24-38-31-40-29(26-12-16-28(17-13-26)34(4,5)6)39-30(41-31)36-18-20-43-22-23-44-21-19-37-32(42)45-35(7,8)9/h10-17H,18-24H2,1-9H3,(H,37,42)(H2,36,38,39,40,41). The summed E-state index contributed by atoms with van der Waals surface area (Å²) in [4.78, 5) is 25.7. The second kappa shape index (κ2) is 16.0. The Morgan fingerprint density at radius 3 is 1.69 bits per heavy atom. The molecule has 3 rings (SSSR count). The number of anilines is 2. The number of hydrogen-bond acceptors (Lipinski definition) is 9. The van der Waals surface area contributed by atoms with Gasteiger partial charge in [0.05, 0.1) is 26.4 Å². The third-order valence-electron chi connectivity index (χ3n) is 6.73. The first kappa shape index (κ1) is 35.7. The molecular weight excluding hydrogens is 568 g/mol. The quantitative estimate of drug-likeness (QED) is 0.169. The average molecular weight is 621 g/mol. The van der Waals surface area contributed by atoms with Crippen LogP contribution in [-0.2, 0) is 31.6 Å².